The summed E-state index contributed by atoms with van der Waals surface area (Å²) in [5.41, 5.74) is 9.02. The van der Waals surface area contributed by atoms with Crippen molar-refractivity contribution in [2.75, 3.05) is 13.2 Å². The lowest BCUT2D eigenvalue weighted by atomic mass is 9.89. The van der Waals surface area contributed by atoms with E-state index in [1.54, 1.807) is 0 Å². The molecule has 2 heteroatoms. The van der Waals surface area contributed by atoms with Gasteiger partial charge >= 0.3 is 0 Å². The van der Waals surface area contributed by atoms with Crippen LogP contribution in [0.3, 0.4) is 0 Å². The number of hydrogen-bond donors (Lipinski definition) is 1. The molecule has 2 nitrogen and oxygen atoms in total. The molecule has 1 aromatic carbocycles. The summed E-state index contributed by atoms with van der Waals surface area (Å²) >= 11 is 0. The molecule has 1 aliphatic heterocycles. The third-order valence-corrected chi connectivity index (χ3v) is 3.89. The van der Waals surface area contributed by atoms with E-state index in [4.69, 9.17) is 10.5 Å². The second-order valence-corrected chi connectivity index (χ2v) is 5.35. The van der Waals surface area contributed by atoms with E-state index in [0.717, 1.165) is 19.6 Å². The molecule has 1 aromatic rings. The van der Waals surface area contributed by atoms with E-state index in [9.17, 15) is 0 Å². The fourth-order valence-electron chi connectivity index (χ4n) is 2.61. The van der Waals surface area contributed by atoms with Gasteiger partial charge in [-0.25, -0.2) is 0 Å². The molecule has 2 N–H and O–H groups in total. The van der Waals surface area contributed by atoms with E-state index in [1.807, 2.05) is 0 Å². The zero-order valence-electron chi connectivity index (χ0n) is 11.4. The van der Waals surface area contributed by atoms with Crippen LogP contribution in [0.15, 0.2) is 24.3 Å². The first-order chi connectivity index (χ1) is 8.81. The van der Waals surface area contributed by atoms with Crippen LogP contribution in [0.4, 0.5) is 0 Å². The van der Waals surface area contributed by atoms with E-state index in [-0.39, 0.29) is 6.04 Å². The van der Waals surface area contributed by atoms with E-state index < -0.39 is 0 Å². The van der Waals surface area contributed by atoms with E-state index in [1.165, 1.54) is 36.8 Å². The largest absolute Gasteiger partial charge is 0.381 e. The highest BCUT2D eigenvalue weighted by atomic mass is 16.5. The fourth-order valence-corrected chi connectivity index (χ4v) is 2.61. The Labute approximate surface area is 111 Å². The van der Waals surface area contributed by atoms with Crippen LogP contribution < -0.4 is 5.73 Å². The van der Waals surface area contributed by atoms with Crippen molar-refractivity contribution >= 4 is 0 Å². The summed E-state index contributed by atoms with van der Waals surface area (Å²) in [5, 5.41) is 0. The van der Waals surface area contributed by atoms with Crippen LogP contribution in [-0.2, 0) is 11.2 Å². The summed E-state index contributed by atoms with van der Waals surface area (Å²) in [7, 11) is 0. The number of nitrogens with two attached hydrogens (primary N) is 1. The second-order valence-electron chi connectivity index (χ2n) is 5.35. The van der Waals surface area contributed by atoms with Crippen molar-refractivity contribution in [2.45, 2.75) is 45.1 Å². The Morgan fingerprint density at radius 3 is 2.72 bits per heavy atom. The molecular weight excluding hydrogens is 222 g/mol. The van der Waals surface area contributed by atoms with Crippen molar-refractivity contribution in [3.05, 3.63) is 35.4 Å². The maximum absolute atomic E-state index is 6.34. The predicted octanol–water partition coefficient (Wildman–Crippen LogP) is 3.46. The Balaban J connectivity index is 1.95. The molecule has 1 saturated heterocycles. The van der Waals surface area contributed by atoms with Gasteiger partial charge in [-0.05, 0) is 36.8 Å². The molecule has 1 heterocycles. The highest BCUT2D eigenvalue weighted by Crippen LogP contribution is 2.27. The van der Waals surface area contributed by atoms with Crippen molar-refractivity contribution in [3.63, 3.8) is 0 Å². The van der Waals surface area contributed by atoms with Gasteiger partial charge in [-0.3, -0.25) is 0 Å². The van der Waals surface area contributed by atoms with Gasteiger partial charge in [-0.15, -0.1) is 0 Å². The number of benzene rings is 1. The molecule has 0 aliphatic carbocycles. The van der Waals surface area contributed by atoms with Crippen LogP contribution in [0, 0.1) is 5.92 Å². The standard InChI is InChI=1S/C16H25NO/c1-2-3-5-13-7-9-14(10-8-13)16(17)15-6-4-11-18-12-15/h7-10,15-16H,2-6,11-12,17H2,1H3. The van der Waals surface area contributed by atoms with Gasteiger partial charge in [0.25, 0.3) is 0 Å². The van der Waals surface area contributed by atoms with Crippen LogP contribution >= 0.6 is 0 Å². The lowest BCUT2D eigenvalue weighted by molar-refractivity contribution is 0.0448. The normalized spacial score (nSPS) is 21.8. The molecule has 0 amide bonds. The molecule has 1 fully saturated rings. The topological polar surface area (TPSA) is 35.2 Å². The number of rotatable bonds is 5. The molecule has 0 bridgehead atoms. The molecular formula is C16H25NO. The summed E-state index contributed by atoms with van der Waals surface area (Å²) in [4.78, 5) is 0. The highest BCUT2D eigenvalue weighted by Gasteiger charge is 2.22. The third-order valence-electron chi connectivity index (χ3n) is 3.89. The third kappa shape index (κ3) is 3.56. The van der Waals surface area contributed by atoms with Crippen molar-refractivity contribution in [1.29, 1.82) is 0 Å². The Bertz CT molecular complexity index is 341. The molecule has 0 aromatic heterocycles. The lowest BCUT2D eigenvalue weighted by Crippen LogP contribution is -2.28. The number of aryl methyl sites for hydroxylation is 1. The maximum atomic E-state index is 6.34. The van der Waals surface area contributed by atoms with E-state index in [2.05, 4.69) is 31.2 Å². The quantitative estimate of drug-likeness (QED) is 0.865. The minimum absolute atomic E-state index is 0.130. The zero-order chi connectivity index (χ0) is 12.8. The molecule has 2 unspecified atom stereocenters. The zero-order valence-corrected chi connectivity index (χ0v) is 11.4. The summed E-state index contributed by atoms with van der Waals surface area (Å²) in [6, 6.07) is 8.99. The molecule has 18 heavy (non-hydrogen) atoms. The summed E-state index contributed by atoms with van der Waals surface area (Å²) in [6.07, 6.45) is 6.03. The predicted molar refractivity (Wildman–Crippen MR) is 75.5 cm³/mol. The lowest BCUT2D eigenvalue weighted by Gasteiger charge is -2.27. The average Bonchev–Trinajstić information content (AvgIpc) is 2.46. The Morgan fingerprint density at radius 2 is 2.11 bits per heavy atom. The molecule has 2 atom stereocenters. The van der Waals surface area contributed by atoms with Gasteiger partial charge in [-0.1, -0.05) is 37.6 Å². The smallest absolute Gasteiger partial charge is 0.0512 e. The first kappa shape index (κ1) is 13.6. The van der Waals surface area contributed by atoms with Crippen LogP contribution in [0.2, 0.25) is 0 Å². The van der Waals surface area contributed by atoms with Gasteiger partial charge < -0.3 is 10.5 Å². The van der Waals surface area contributed by atoms with E-state index >= 15 is 0 Å². The first-order valence-electron chi connectivity index (χ1n) is 7.23. The molecule has 0 radical (unpaired) electrons. The second kappa shape index (κ2) is 6.91. The molecule has 2 rings (SSSR count). The van der Waals surface area contributed by atoms with Gasteiger partial charge in [-0.2, -0.15) is 0 Å². The number of hydrogen-bond acceptors (Lipinski definition) is 2. The minimum atomic E-state index is 0.130. The molecule has 0 saturated carbocycles. The Morgan fingerprint density at radius 1 is 1.33 bits per heavy atom. The number of ether oxygens (including phenoxy) is 1. The Kier molecular flexibility index (Phi) is 5.21. The van der Waals surface area contributed by atoms with Gasteiger partial charge in [0.2, 0.25) is 0 Å². The maximum Gasteiger partial charge on any atom is 0.0512 e. The van der Waals surface area contributed by atoms with Gasteiger partial charge in [0.05, 0.1) is 6.61 Å². The SMILES string of the molecule is CCCCc1ccc(C(N)C2CCCOC2)cc1. The van der Waals surface area contributed by atoms with Crippen LogP contribution in [0.25, 0.3) is 0 Å². The van der Waals surface area contributed by atoms with Gasteiger partial charge in [0.1, 0.15) is 0 Å². The van der Waals surface area contributed by atoms with E-state index in [0.29, 0.717) is 5.92 Å². The van der Waals surface area contributed by atoms with Gasteiger partial charge in [0, 0.05) is 18.6 Å². The first-order valence-corrected chi connectivity index (χ1v) is 7.23. The van der Waals surface area contributed by atoms with Crippen molar-refractivity contribution in [3.8, 4) is 0 Å². The summed E-state index contributed by atoms with van der Waals surface area (Å²) in [5.74, 6) is 0.486. The minimum Gasteiger partial charge on any atom is -0.381 e. The summed E-state index contributed by atoms with van der Waals surface area (Å²) < 4.78 is 5.52. The van der Waals surface area contributed by atoms with Crippen molar-refractivity contribution < 1.29 is 4.74 Å². The number of unbranched alkanes of at least 4 members (excludes halogenated alkanes) is 1. The van der Waals surface area contributed by atoms with Crippen LogP contribution in [0.1, 0.15) is 49.8 Å². The van der Waals surface area contributed by atoms with Crippen molar-refractivity contribution in [1.82, 2.24) is 0 Å². The molecule has 0 spiro atoms. The van der Waals surface area contributed by atoms with Crippen LogP contribution in [0.5, 0.6) is 0 Å². The molecule has 1 aliphatic rings. The van der Waals surface area contributed by atoms with Crippen molar-refractivity contribution in [2.24, 2.45) is 11.7 Å². The average molecular weight is 247 g/mol. The van der Waals surface area contributed by atoms with Crippen LogP contribution in [-0.4, -0.2) is 13.2 Å². The summed E-state index contributed by atoms with van der Waals surface area (Å²) in [6.45, 7) is 3.95. The van der Waals surface area contributed by atoms with Gasteiger partial charge in [0.15, 0.2) is 0 Å². The highest BCUT2D eigenvalue weighted by molar-refractivity contribution is 5.25. The molecule has 100 valence electrons. The Hall–Kier alpha value is -0.860. The monoisotopic (exact) mass is 247 g/mol. The fraction of sp³-hybridized carbons (Fsp3) is 0.625.